The van der Waals surface area contributed by atoms with Crippen LogP contribution < -0.4 is 15.4 Å². The van der Waals surface area contributed by atoms with Crippen LogP contribution in [0.15, 0.2) is 60.8 Å². The predicted molar refractivity (Wildman–Crippen MR) is 105 cm³/mol. The minimum absolute atomic E-state index is 0.209. The van der Waals surface area contributed by atoms with Gasteiger partial charge in [-0.05, 0) is 55.0 Å². The Labute approximate surface area is 157 Å². The van der Waals surface area contributed by atoms with Gasteiger partial charge in [0.15, 0.2) is 0 Å². The van der Waals surface area contributed by atoms with E-state index < -0.39 is 0 Å². The van der Waals surface area contributed by atoms with E-state index in [0.717, 1.165) is 11.3 Å². The highest BCUT2D eigenvalue weighted by molar-refractivity contribution is 6.31. The summed E-state index contributed by atoms with van der Waals surface area (Å²) in [6, 6.07) is 16.2. The van der Waals surface area contributed by atoms with Crippen molar-refractivity contribution in [2.75, 3.05) is 17.7 Å². The minimum Gasteiger partial charge on any atom is -0.495 e. The molecular formula is C20H18ClN3O2. The van der Waals surface area contributed by atoms with E-state index in [-0.39, 0.29) is 5.91 Å². The molecule has 0 fully saturated rings. The number of benzene rings is 2. The van der Waals surface area contributed by atoms with Gasteiger partial charge in [0, 0.05) is 22.5 Å². The summed E-state index contributed by atoms with van der Waals surface area (Å²) in [4.78, 5) is 16.7. The Bertz CT molecular complexity index is 944. The molecule has 0 atom stereocenters. The van der Waals surface area contributed by atoms with Crippen LogP contribution in [0.3, 0.4) is 0 Å². The van der Waals surface area contributed by atoms with E-state index >= 15 is 0 Å². The second-order valence-corrected chi connectivity index (χ2v) is 6.16. The molecule has 0 bridgehead atoms. The highest BCUT2D eigenvalue weighted by Gasteiger charge is 2.10. The molecule has 2 aromatic carbocycles. The summed E-state index contributed by atoms with van der Waals surface area (Å²) in [7, 11) is 1.58. The molecule has 132 valence electrons. The van der Waals surface area contributed by atoms with Crippen LogP contribution in [0.25, 0.3) is 0 Å². The number of nitrogens with zero attached hydrogens (tertiary/aromatic N) is 1. The molecule has 0 spiro atoms. The first-order chi connectivity index (χ1) is 12.5. The molecule has 0 saturated heterocycles. The lowest BCUT2D eigenvalue weighted by Gasteiger charge is -2.12. The van der Waals surface area contributed by atoms with Crippen LogP contribution in [0.5, 0.6) is 5.75 Å². The zero-order valence-electron chi connectivity index (χ0n) is 14.4. The number of amides is 1. The lowest BCUT2D eigenvalue weighted by molar-refractivity contribution is 0.102. The fourth-order valence-corrected chi connectivity index (χ4v) is 2.65. The van der Waals surface area contributed by atoms with E-state index in [0.29, 0.717) is 27.8 Å². The van der Waals surface area contributed by atoms with E-state index in [2.05, 4.69) is 15.6 Å². The Morgan fingerprint density at radius 1 is 1.12 bits per heavy atom. The number of hydrogen-bond donors (Lipinski definition) is 2. The molecule has 0 aliphatic carbocycles. The average Bonchev–Trinajstić information content (AvgIpc) is 2.62. The number of aryl methyl sites for hydroxylation is 1. The van der Waals surface area contributed by atoms with Crippen LogP contribution >= 0.6 is 11.6 Å². The summed E-state index contributed by atoms with van der Waals surface area (Å²) in [5.74, 6) is 0.937. The van der Waals surface area contributed by atoms with Crippen molar-refractivity contribution in [3.05, 3.63) is 76.9 Å². The molecule has 5 nitrogen and oxygen atoms in total. The lowest BCUT2D eigenvalue weighted by atomic mass is 10.2. The fourth-order valence-electron chi connectivity index (χ4n) is 2.48. The van der Waals surface area contributed by atoms with E-state index in [9.17, 15) is 4.79 Å². The van der Waals surface area contributed by atoms with Gasteiger partial charge < -0.3 is 15.4 Å². The minimum atomic E-state index is -0.209. The first-order valence-corrected chi connectivity index (χ1v) is 8.37. The second kappa shape index (κ2) is 7.89. The molecule has 1 heterocycles. The van der Waals surface area contributed by atoms with Crippen molar-refractivity contribution in [3.63, 3.8) is 0 Å². The van der Waals surface area contributed by atoms with E-state index in [1.807, 2.05) is 31.2 Å². The standard InChI is InChI=1S/C20H18ClN3O2/c1-13-4-3-5-16(10-13)23-20(25)14-8-9-22-19(11-14)24-17-12-15(21)6-7-18(17)26-2/h3-12H,1-2H3,(H,22,24)(H,23,25). The summed E-state index contributed by atoms with van der Waals surface area (Å²) in [6.45, 7) is 1.97. The Morgan fingerprint density at radius 3 is 2.73 bits per heavy atom. The Hall–Kier alpha value is -3.05. The molecule has 3 rings (SSSR count). The summed E-state index contributed by atoms with van der Waals surface area (Å²) in [5.41, 5.74) is 2.99. The fraction of sp³-hybridized carbons (Fsp3) is 0.100. The van der Waals surface area contributed by atoms with Gasteiger partial charge in [0.25, 0.3) is 5.91 Å². The third-order valence-corrected chi connectivity index (χ3v) is 3.96. The number of rotatable bonds is 5. The van der Waals surface area contributed by atoms with Gasteiger partial charge in [-0.3, -0.25) is 4.79 Å². The zero-order valence-corrected chi connectivity index (χ0v) is 15.2. The number of carbonyl (C=O) groups is 1. The summed E-state index contributed by atoms with van der Waals surface area (Å²) < 4.78 is 5.31. The smallest absolute Gasteiger partial charge is 0.255 e. The number of halogens is 1. The number of carbonyl (C=O) groups excluding carboxylic acids is 1. The first-order valence-electron chi connectivity index (χ1n) is 8.00. The first kappa shape index (κ1) is 17.8. The highest BCUT2D eigenvalue weighted by Crippen LogP contribution is 2.30. The van der Waals surface area contributed by atoms with Crippen LogP contribution in [0.4, 0.5) is 17.2 Å². The molecule has 0 unspecified atom stereocenters. The second-order valence-electron chi connectivity index (χ2n) is 5.72. The van der Waals surface area contributed by atoms with Gasteiger partial charge in [0.05, 0.1) is 12.8 Å². The molecule has 0 aliphatic heterocycles. The summed E-state index contributed by atoms with van der Waals surface area (Å²) >= 11 is 6.04. The van der Waals surface area contributed by atoms with Gasteiger partial charge in [-0.2, -0.15) is 0 Å². The molecule has 0 saturated carbocycles. The van der Waals surface area contributed by atoms with Crippen LogP contribution in [0.1, 0.15) is 15.9 Å². The SMILES string of the molecule is COc1ccc(Cl)cc1Nc1cc(C(=O)Nc2cccc(C)c2)ccn1. The van der Waals surface area contributed by atoms with Gasteiger partial charge in [-0.15, -0.1) is 0 Å². The van der Waals surface area contributed by atoms with Gasteiger partial charge in [-0.1, -0.05) is 23.7 Å². The highest BCUT2D eigenvalue weighted by atomic mass is 35.5. The molecule has 2 N–H and O–H groups in total. The average molecular weight is 368 g/mol. The van der Waals surface area contributed by atoms with Crippen molar-refractivity contribution in [1.82, 2.24) is 4.98 Å². The summed E-state index contributed by atoms with van der Waals surface area (Å²) in [5, 5.41) is 6.58. The number of aromatic nitrogens is 1. The number of nitrogens with one attached hydrogen (secondary N) is 2. The van der Waals surface area contributed by atoms with E-state index in [1.54, 1.807) is 43.6 Å². The largest absolute Gasteiger partial charge is 0.495 e. The zero-order chi connectivity index (χ0) is 18.5. The molecule has 3 aromatic rings. The van der Waals surface area contributed by atoms with Crippen molar-refractivity contribution in [2.24, 2.45) is 0 Å². The van der Waals surface area contributed by atoms with Crippen molar-refractivity contribution in [1.29, 1.82) is 0 Å². The lowest BCUT2D eigenvalue weighted by Crippen LogP contribution is -2.12. The molecule has 1 amide bonds. The van der Waals surface area contributed by atoms with Crippen molar-refractivity contribution >= 4 is 34.7 Å². The van der Waals surface area contributed by atoms with Crippen molar-refractivity contribution < 1.29 is 9.53 Å². The number of anilines is 3. The number of ether oxygens (including phenoxy) is 1. The molecule has 6 heteroatoms. The Morgan fingerprint density at radius 2 is 1.96 bits per heavy atom. The topological polar surface area (TPSA) is 63.2 Å². The summed E-state index contributed by atoms with van der Waals surface area (Å²) in [6.07, 6.45) is 1.57. The Kier molecular flexibility index (Phi) is 5.39. The monoisotopic (exact) mass is 367 g/mol. The van der Waals surface area contributed by atoms with Crippen molar-refractivity contribution in [3.8, 4) is 5.75 Å². The Balaban J connectivity index is 1.80. The number of hydrogen-bond acceptors (Lipinski definition) is 4. The van der Waals surface area contributed by atoms with Crippen molar-refractivity contribution in [2.45, 2.75) is 6.92 Å². The normalized spacial score (nSPS) is 10.3. The maximum Gasteiger partial charge on any atom is 0.255 e. The van der Waals surface area contributed by atoms with Crippen LogP contribution in [-0.2, 0) is 0 Å². The molecule has 1 aromatic heterocycles. The maximum atomic E-state index is 12.5. The van der Waals surface area contributed by atoms with Crippen LogP contribution in [-0.4, -0.2) is 18.0 Å². The van der Waals surface area contributed by atoms with E-state index in [4.69, 9.17) is 16.3 Å². The van der Waals surface area contributed by atoms with Gasteiger partial charge >= 0.3 is 0 Å². The van der Waals surface area contributed by atoms with Crippen LogP contribution in [0, 0.1) is 6.92 Å². The van der Waals surface area contributed by atoms with Gasteiger partial charge in [0.1, 0.15) is 11.6 Å². The molecular weight excluding hydrogens is 350 g/mol. The van der Waals surface area contributed by atoms with Gasteiger partial charge in [0.2, 0.25) is 0 Å². The molecule has 0 aliphatic rings. The van der Waals surface area contributed by atoms with Gasteiger partial charge in [-0.25, -0.2) is 4.98 Å². The molecule has 0 radical (unpaired) electrons. The predicted octanol–water partition coefficient (Wildman–Crippen LogP) is 5.05. The van der Waals surface area contributed by atoms with E-state index in [1.165, 1.54) is 0 Å². The number of pyridine rings is 1. The maximum absolute atomic E-state index is 12.5. The quantitative estimate of drug-likeness (QED) is 0.662. The number of methoxy groups -OCH3 is 1. The third-order valence-electron chi connectivity index (χ3n) is 3.72. The third kappa shape index (κ3) is 4.32. The van der Waals surface area contributed by atoms with Crippen LogP contribution in [0.2, 0.25) is 5.02 Å². The molecule has 26 heavy (non-hydrogen) atoms.